The zero-order chi connectivity index (χ0) is 12.4. The van der Waals surface area contributed by atoms with E-state index in [9.17, 15) is 4.79 Å². The van der Waals surface area contributed by atoms with Crippen LogP contribution in [0.25, 0.3) is 0 Å². The van der Waals surface area contributed by atoms with E-state index in [-0.39, 0.29) is 19.1 Å². The number of aliphatic hydroxyl groups is 1. The average molecular weight is 239 g/mol. The first-order chi connectivity index (χ1) is 8.10. The van der Waals surface area contributed by atoms with Crippen LogP contribution in [0.2, 0.25) is 0 Å². The van der Waals surface area contributed by atoms with Gasteiger partial charge in [0, 0.05) is 19.1 Å². The van der Waals surface area contributed by atoms with Crippen molar-refractivity contribution in [1.29, 1.82) is 0 Å². The second-order valence-electron chi connectivity index (χ2n) is 4.43. The van der Waals surface area contributed by atoms with Crippen LogP contribution in [0.3, 0.4) is 0 Å². The van der Waals surface area contributed by atoms with Crippen molar-refractivity contribution < 1.29 is 15.0 Å². The van der Waals surface area contributed by atoms with E-state index in [1.54, 1.807) is 0 Å². The Morgan fingerprint density at radius 3 is 3.06 bits per heavy atom. The van der Waals surface area contributed by atoms with Crippen molar-refractivity contribution in [2.24, 2.45) is 0 Å². The summed E-state index contributed by atoms with van der Waals surface area (Å²) in [6.07, 6.45) is 0.158. The van der Waals surface area contributed by atoms with Crippen LogP contribution >= 0.6 is 0 Å². The van der Waals surface area contributed by atoms with E-state index in [2.05, 4.69) is 16.9 Å². The van der Waals surface area contributed by atoms with E-state index < -0.39 is 5.97 Å². The molecule has 17 heavy (non-hydrogen) atoms. The molecule has 1 unspecified atom stereocenters. The first-order valence-corrected chi connectivity index (χ1v) is 5.72. The second-order valence-corrected chi connectivity index (χ2v) is 4.43. The van der Waals surface area contributed by atoms with Gasteiger partial charge >= 0.3 is 5.97 Å². The summed E-state index contributed by atoms with van der Waals surface area (Å²) in [6.45, 7) is 4.00. The maximum Gasteiger partial charge on any atom is 0.304 e. The van der Waals surface area contributed by atoms with Crippen molar-refractivity contribution in [3.8, 4) is 0 Å². The second kappa shape index (κ2) is 4.85. The fraction of sp³-hybridized carbons (Fsp3) is 0.636. The summed E-state index contributed by atoms with van der Waals surface area (Å²) in [5.74, 6) is -0.771. The zero-order valence-electron chi connectivity index (χ0n) is 9.83. The summed E-state index contributed by atoms with van der Waals surface area (Å²) in [5.41, 5.74) is 1.71. The van der Waals surface area contributed by atoms with Crippen LogP contribution in [0.5, 0.6) is 0 Å². The third-order valence-electron chi connectivity index (χ3n) is 3.11. The third kappa shape index (κ3) is 2.65. The van der Waals surface area contributed by atoms with Gasteiger partial charge in [0.05, 0.1) is 31.0 Å². The monoisotopic (exact) mass is 239 g/mol. The topological polar surface area (TPSA) is 78.6 Å². The van der Waals surface area contributed by atoms with Gasteiger partial charge in [0.1, 0.15) is 0 Å². The van der Waals surface area contributed by atoms with E-state index >= 15 is 0 Å². The molecule has 0 aliphatic carbocycles. The van der Waals surface area contributed by atoms with Gasteiger partial charge in [0.2, 0.25) is 0 Å². The molecule has 0 amide bonds. The molecule has 1 aromatic heterocycles. The molecule has 0 bridgehead atoms. The molecular weight excluding hydrogens is 222 g/mol. The van der Waals surface area contributed by atoms with E-state index in [4.69, 9.17) is 10.2 Å². The van der Waals surface area contributed by atoms with Crippen molar-refractivity contribution in [3.05, 3.63) is 17.5 Å². The summed E-state index contributed by atoms with van der Waals surface area (Å²) in [5, 5.41) is 22.0. The normalized spacial score (nSPS) is 20.2. The van der Waals surface area contributed by atoms with Crippen LogP contribution in [-0.4, -0.2) is 43.4 Å². The van der Waals surface area contributed by atoms with Gasteiger partial charge < -0.3 is 10.2 Å². The first-order valence-electron chi connectivity index (χ1n) is 5.72. The SMILES string of the molecule is CC1Cn2nc(CO)cc2CN1CCC(=O)O. The van der Waals surface area contributed by atoms with E-state index in [0.29, 0.717) is 18.8 Å². The number of hydrogen-bond donors (Lipinski definition) is 2. The van der Waals surface area contributed by atoms with Crippen LogP contribution in [0.1, 0.15) is 24.7 Å². The lowest BCUT2D eigenvalue weighted by Crippen LogP contribution is -2.42. The highest BCUT2D eigenvalue weighted by Gasteiger charge is 2.24. The summed E-state index contributed by atoms with van der Waals surface area (Å²) in [4.78, 5) is 12.7. The lowest BCUT2D eigenvalue weighted by Gasteiger charge is -2.33. The van der Waals surface area contributed by atoms with Crippen molar-refractivity contribution in [2.75, 3.05) is 6.54 Å². The van der Waals surface area contributed by atoms with Crippen molar-refractivity contribution in [2.45, 2.75) is 39.1 Å². The van der Waals surface area contributed by atoms with Gasteiger partial charge in [-0.3, -0.25) is 14.4 Å². The van der Waals surface area contributed by atoms with Gasteiger partial charge in [0.15, 0.2) is 0 Å². The maximum absolute atomic E-state index is 10.6. The fourth-order valence-corrected chi connectivity index (χ4v) is 2.15. The lowest BCUT2D eigenvalue weighted by atomic mass is 10.2. The number of carbonyl (C=O) groups is 1. The van der Waals surface area contributed by atoms with Crippen LogP contribution in [0, 0.1) is 0 Å². The highest BCUT2D eigenvalue weighted by Crippen LogP contribution is 2.18. The number of hydrogen-bond acceptors (Lipinski definition) is 4. The zero-order valence-corrected chi connectivity index (χ0v) is 9.83. The van der Waals surface area contributed by atoms with Crippen LogP contribution in [-0.2, 0) is 24.5 Å². The molecule has 1 aliphatic heterocycles. The molecule has 1 atom stereocenters. The predicted molar refractivity (Wildman–Crippen MR) is 60.3 cm³/mol. The lowest BCUT2D eigenvalue weighted by molar-refractivity contribution is -0.137. The predicted octanol–water partition coefficient (Wildman–Crippen LogP) is 0.0542. The standard InChI is InChI=1S/C11H17N3O3/c1-8-5-14-10(4-9(7-15)12-14)6-13(8)3-2-11(16)17/h4,8,15H,2-3,5-7H2,1H3,(H,16,17). The van der Waals surface area contributed by atoms with Crippen LogP contribution < -0.4 is 0 Å². The van der Waals surface area contributed by atoms with Gasteiger partial charge in [-0.15, -0.1) is 0 Å². The number of rotatable bonds is 4. The Kier molecular flexibility index (Phi) is 3.44. The van der Waals surface area contributed by atoms with E-state index in [0.717, 1.165) is 12.2 Å². The summed E-state index contributed by atoms with van der Waals surface area (Å²) in [6, 6.07) is 2.15. The van der Waals surface area contributed by atoms with Crippen LogP contribution in [0.4, 0.5) is 0 Å². The van der Waals surface area contributed by atoms with Gasteiger partial charge in [-0.1, -0.05) is 0 Å². The minimum absolute atomic E-state index is 0.0521. The fourth-order valence-electron chi connectivity index (χ4n) is 2.15. The highest BCUT2D eigenvalue weighted by atomic mass is 16.4. The Balaban J connectivity index is 2.06. The number of aliphatic carboxylic acids is 1. The molecule has 0 fully saturated rings. The third-order valence-corrected chi connectivity index (χ3v) is 3.11. The van der Waals surface area contributed by atoms with Gasteiger partial charge in [-0.05, 0) is 13.0 Å². The summed E-state index contributed by atoms with van der Waals surface area (Å²) >= 11 is 0. The molecule has 6 nitrogen and oxygen atoms in total. The molecule has 2 rings (SSSR count). The number of carboxylic acid groups (broad SMARTS) is 1. The van der Waals surface area contributed by atoms with Gasteiger partial charge in [-0.25, -0.2) is 0 Å². The largest absolute Gasteiger partial charge is 0.481 e. The van der Waals surface area contributed by atoms with Crippen molar-refractivity contribution >= 4 is 5.97 Å². The Morgan fingerprint density at radius 1 is 1.65 bits per heavy atom. The molecule has 94 valence electrons. The maximum atomic E-state index is 10.6. The molecule has 1 aliphatic rings. The molecule has 0 aromatic carbocycles. The first kappa shape index (κ1) is 12.1. The molecule has 1 aromatic rings. The smallest absolute Gasteiger partial charge is 0.304 e. The summed E-state index contributed by atoms with van der Waals surface area (Å²) < 4.78 is 1.90. The number of carboxylic acids is 1. The molecule has 2 N–H and O–H groups in total. The quantitative estimate of drug-likeness (QED) is 0.776. The molecule has 0 spiro atoms. The minimum Gasteiger partial charge on any atom is -0.481 e. The minimum atomic E-state index is -0.771. The number of aliphatic hydroxyl groups excluding tert-OH is 1. The molecule has 0 saturated carbocycles. The molecular formula is C11H17N3O3. The highest BCUT2D eigenvalue weighted by molar-refractivity contribution is 5.66. The van der Waals surface area contributed by atoms with E-state index in [1.165, 1.54) is 0 Å². The van der Waals surface area contributed by atoms with Crippen molar-refractivity contribution in [1.82, 2.24) is 14.7 Å². The Labute approximate surface area is 99.5 Å². The number of aromatic nitrogens is 2. The van der Waals surface area contributed by atoms with Gasteiger partial charge in [0.25, 0.3) is 0 Å². The molecule has 0 radical (unpaired) electrons. The molecule has 0 saturated heterocycles. The number of nitrogens with zero attached hydrogens (tertiary/aromatic N) is 3. The Morgan fingerprint density at radius 2 is 2.41 bits per heavy atom. The Hall–Kier alpha value is -1.40. The average Bonchev–Trinajstić information content (AvgIpc) is 2.67. The number of fused-ring (bicyclic) bond motifs is 1. The van der Waals surface area contributed by atoms with Crippen molar-refractivity contribution in [3.63, 3.8) is 0 Å². The Bertz CT molecular complexity index is 416. The summed E-state index contributed by atoms with van der Waals surface area (Å²) in [7, 11) is 0. The molecule has 2 heterocycles. The van der Waals surface area contributed by atoms with Gasteiger partial charge in [-0.2, -0.15) is 5.10 Å². The van der Waals surface area contributed by atoms with E-state index in [1.807, 2.05) is 10.7 Å². The van der Waals surface area contributed by atoms with Crippen LogP contribution in [0.15, 0.2) is 6.07 Å². The molecule has 6 heteroatoms.